The molecule has 0 N–H and O–H groups in total. The zero-order chi connectivity index (χ0) is 28.3. The van der Waals surface area contributed by atoms with E-state index in [1.165, 1.54) is 21.9 Å². The minimum absolute atomic E-state index is 0.910. The van der Waals surface area contributed by atoms with Gasteiger partial charge in [0.25, 0.3) is 0 Å². The van der Waals surface area contributed by atoms with Gasteiger partial charge in [0, 0.05) is 39.5 Å². The van der Waals surface area contributed by atoms with Crippen molar-refractivity contribution in [2.45, 2.75) is 0 Å². The van der Waals surface area contributed by atoms with Gasteiger partial charge in [-0.2, -0.15) is 0 Å². The third-order valence-corrected chi connectivity index (χ3v) is 8.56. The molecule has 0 spiro atoms. The average molecular weight is 549 g/mol. The van der Waals surface area contributed by atoms with Gasteiger partial charge < -0.3 is 4.42 Å². The Morgan fingerprint density at radius 1 is 0.372 bits per heavy atom. The standard InChI is InChI=1S/C40H24N2O/c1-2-8-25(9-3-1)27-16-18-32-35(23-27)36-24-28(17-19-33(36)39-38(32)41-20-21-42-39)26-10-6-11-29(22-26)30-13-7-14-34-31-12-4-5-15-37(31)43-40(30)34/h1-24H. The molecule has 200 valence electrons. The molecule has 9 rings (SSSR count). The maximum Gasteiger partial charge on any atom is 0.143 e. The van der Waals surface area contributed by atoms with Gasteiger partial charge in [-0.25, -0.2) is 0 Å². The second kappa shape index (κ2) is 9.37. The molecule has 2 heterocycles. The quantitative estimate of drug-likeness (QED) is 0.206. The fourth-order valence-electron chi connectivity index (χ4n) is 6.51. The molecule has 0 saturated heterocycles. The van der Waals surface area contributed by atoms with E-state index >= 15 is 0 Å². The maximum atomic E-state index is 6.37. The first-order valence-corrected chi connectivity index (χ1v) is 14.5. The normalized spacial score (nSPS) is 11.7. The Morgan fingerprint density at radius 2 is 0.953 bits per heavy atom. The number of rotatable bonds is 3. The molecule has 9 aromatic rings. The SMILES string of the molecule is c1ccc(-c2ccc3c(c2)c2cc(-c4cccc(-c5cccc6c5oc5ccccc56)c4)ccc2c2nccnc32)cc1. The lowest BCUT2D eigenvalue weighted by atomic mass is 9.92. The minimum Gasteiger partial charge on any atom is -0.455 e. The Morgan fingerprint density at radius 3 is 1.72 bits per heavy atom. The fraction of sp³-hybridized carbons (Fsp3) is 0. The molecule has 7 aromatic carbocycles. The fourth-order valence-corrected chi connectivity index (χ4v) is 6.51. The number of hydrogen-bond acceptors (Lipinski definition) is 3. The first kappa shape index (κ1) is 23.9. The lowest BCUT2D eigenvalue weighted by Gasteiger charge is -2.13. The molecular formula is C40H24N2O. The Balaban J connectivity index is 1.26. The topological polar surface area (TPSA) is 38.9 Å². The summed E-state index contributed by atoms with van der Waals surface area (Å²) in [5, 5.41) is 6.84. The highest BCUT2D eigenvalue weighted by Crippen LogP contribution is 2.39. The van der Waals surface area contributed by atoms with Crippen molar-refractivity contribution in [3.8, 4) is 33.4 Å². The van der Waals surface area contributed by atoms with E-state index in [2.05, 4.69) is 121 Å². The van der Waals surface area contributed by atoms with Gasteiger partial charge in [-0.3, -0.25) is 9.97 Å². The van der Waals surface area contributed by atoms with E-state index in [4.69, 9.17) is 14.4 Å². The van der Waals surface area contributed by atoms with Crippen LogP contribution >= 0.6 is 0 Å². The molecule has 0 unspecified atom stereocenters. The van der Waals surface area contributed by atoms with E-state index in [0.717, 1.165) is 66.0 Å². The zero-order valence-corrected chi connectivity index (χ0v) is 23.2. The largest absolute Gasteiger partial charge is 0.455 e. The number of benzene rings is 7. The highest BCUT2D eigenvalue weighted by Gasteiger charge is 2.15. The van der Waals surface area contributed by atoms with Crippen LogP contribution in [0.4, 0.5) is 0 Å². The molecule has 2 aromatic heterocycles. The molecule has 0 fully saturated rings. The number of hydrogen-bond donors (Lipinski definition) is 0. The maximum absolute atomic E-state index is 6.37. The molecule has 0 aliphatic rings. The summed E-state index contributed by atoms with van der Waals surface area (Å²) >= 11 is 0. The van der Waals surface area contributed by atoms with Crippen LogP contribution in [0.5, 0.6) is 0 Å². The van der Waals surface area contributed by atoms with Gasteiger partial charge >= 0.3 is 0 Å². The van der Waals surface area contributed by atoms with Crippen LogP contribution in [-0.4, -0.2) is 9.97 Å². The first-order chi connectivity index (χ1) is 21.3. The van der Waals surface area contributed by atoms with E-state index in [1.54, 1.807) is 12.4 Å². The van der Waals surface area contributed by atoms with Crippen LogP contribution in [0.1, 0.15) is 0 Å². The molecule has 0 radical (unpaired) electrons. The molecule has 0 amide bonds. The van der Waals surface area contributed by atoms with Gasteiger partial charge in [0.1, 0.15) is 11.2 Å². The van der Waals surface area contributed by atoms with Crippen LogP contribution in [0, 0.1) is 0 Å². The highest BCUT2D eigenvalue weighted by atomic mass is 16.3. The first-order valence-electron chi connectivity index (χ1n) is 14.5. The summed E-state index contributed by atoms with van der Waals surface area (Å²) in [7, 11) is 0. The predicted molar refractivity (Wildman–Crippen MR) is 178 cm³/mol. The van der Waals surface area contributed by atoms with Gasteiger partial charge in [0.2, 0.25) is 0 Å². The van der Waals surface area contributed by atoms with E-state index in [1.807, 2.05) is 12.1 Å². The van der Waals surface area contributed by atoms with Crippen LogP contribution in [0.2, 0.25) is 0 Å². The zero-order valence-electron chi connectivity index (χ0n) is 23.2. The molecular weight excluding hydrogens is 524 g/mol. The summed E-state index contributed by atoms with van der Waals surface area (Å²) in [4.78, 5) is 9.53. The van der Waals surface area contributed by atoms with Crippen LogP contribution in [0.15, 0.2) is 150 Å². The Labute approximate surface area is 247 Å². The van der Waals surface area contributed by atoms with Crippen LogP contribution in [0.3, 0.4) is 0 Å². The molecule has 3 heteroatoms. The van der Waals surface area contributed by atoms with Gasteiger partial charge in [0.05, 0.1) is 11.0 Å². The van der Waals surface area contributed by atoms with Gasteiger partial charge in [-0.15, -0.1) is 0 Å². The predicted octanol–water partition coefficient (Wildman–Crippen LogP) is 10.8. The molecule has 0 atom stereocenters. The molecule has 43 heavy (non-hydrogen) atoms. The second-order valence-corrected chi connectivity index (χ2v) is 11.0. The summed E-state index contributed by atoms with van der Waals surface area (Å²) in [5.41, 5.74) is 10.6. The Hall–Kier alpha value is -5.80. The monoisotopic (exact) mass is 548 g/mol. The minimum atomic E-state index is 0.910. The van der Waals surface area contributed by atoms with Crippen molar-refractivity contribution in [2.75, 3.05) is 0 Å². The molecule has 0 aliphatic heterocycles. The van der Waals surface area contributed by atoms with Crippen LogP contribution in [0.25, 0.3) is 87.9 Å². The molecule has 0 bridgehead atoms. The summed E-state index contributed by atoms with van der Waals surface area (Å²) in [5.74, 6) is 0. The van der Waals surface area contributed by atoms with Crippen molar-refractivity contribution < 1.29 is 4.42 Å². The third kappa shape index (κ3) is 3.75. The van der Waals surface area contributed by atoms with Gasteiger partial charge in [-0.05, 0) is 62.9 Å². The molecule has 3 nitrogen and oxygen atoms in total. The lowest BCUT2D eigenvalue weighted by molar-refractivity contribution is 0.670. The Kier molecular flexibility index (Phi) is 5.20. The van der Waals surface area contributed by atoms with E-state index in [0.29, 0.717) is 0 Å². The highest BCUT2D eigenvalue weighted by molar-refractivity contribution is 6.24. The average Bonchev–Trinajstić information content (AvgIpc) is 3.47. The number of para-hydroxylation sites is 2. The molecule has 0 saturated carbocycles. The van der Waals surface area contributed by atoms with Crippen molar-refractivity contribution >= 4 is 54.5 Å². The summed E-state index contributed by atoms with van der Waals surface area (Å²) < 4.78 is 6.37. The van der Waals surface area contributed by atoms with Crippen molar-refractivity contribution in [2.24, 2.45) is 0 Å². The number of fused-ring (bicyclic) bond motifs is 9. The summed E-state index contributed by atoms with van der Waals surface area (Å²) in [6.45, 7) is 0. The molecule has 0 aliphatic carbocycles. The lowest BCUT2D eigenvalue weighted by Crippen LogP contribution is -1.90. The van der Waals surface area contributed by atoms with Crippen LogP contribution < -0.4 is 0 Å². The van der Waals surface area contributed by atoms with Gasteiger partial charge in [-0.1, -0.05) is 109 Å². The van der Waals surface area contributed by atoms with E-state index in [-0.39, 0.29) is 0 Å². The van der Waals surface area contributed by atoms with E-state index in [9.17, 15) is 0 Å². The smallest absolute Gasteiger partial charge is 0.143 e. The number of nitrogens with zero attached hydrogens (tertiary/aromatic N) is 2. The summed E-state index contributed by atoms with van der Waals surface area (Å²) in [6.07, 6.45) is 3.56. The number of furan rings is 1. The number of aromatic nitrogens is 2. The summed E-state index contributed by atoms with van der Waals surface area (Å²) in [6, 6.07) is 47.3. The Bertz CT molecular complexity index is 2510. The van der Waals surface area contributed by atoms with E-state index < -0.39 is 0 Å². The van der Waals surface area contributed by atoms with Crippen molar-refractivity contribution in [3.63, 3.8) is 0 Å². The van der Waals surface area contributed by atoms with Crippen molar-refractivity contribution in [1.29, 1.82) is 0 Å². The van der Waals surface area contributed by atoms with Crippen LogP contribution in [-0.2, 0) is 0 Å². The second-order valence-electron chi connectivity index (χ2n) is 11.0. The third-order valence-electron chi connectivity index (χ3n) is 8.56. The van der Waals surface area contributed by atoms with Gasteiger partial charge in [0.15, 0.2) is 0 Å². The van der Waals surface area contributed by atoms with Crippen molar-refractivity contribution in [1.82, 2.24) is 9.97 Å². The van der Waals surface area contributed by atoms with Crippen molar-refractivity contribution in [3.05, 3.63) is 146 Å².